The molecule has 0 aromatic heterocycles. The summed E-state index contributed by atoms with van der Waals surface area (Å²) in [6.07, 6.45) is 1.66. The first-order chi connectivity index (χ1) is 22.9. The predicted octanol–water partition coefficient (Wildman–Crippen LogP) is 5.06. The second kappa shape index (κ2) is 16.8. The summed E-state index contributed by atoms with van der Waals surface area (Å²) in [7, 11) is -0.758. The van der Waals surface area contributed by atoms with Crippen LogP contribution in [0.5, 0.6) is 11.5 Å². The molecule has 2 N–H and O–H groups in total. The molecule has 0 saturated carbocycles. The van der Waals surface area contributed by atoms with E-state index in [0.29, 0.717) is 36.6 Å². The van der Waals surface area contributed by atoms with Crippen molar-refractivity contribution in [2.24, 2.45) is 5.92 Å². The first-order valence-corrected chi connectivity index (χ1v) is 17.7. The number of nitrogens with one attached hydrogen (secondary N) is 1. The van der Waals surface area contributed by atoms with Gasteiger partial charge in [0.25, 0.3) is 21.8 Å². The molecule has 0 saturated heterocycles. The highest BCUT2D eigenvalue weighted by Crippen LogP contribution is 2.30. The van der Waals surface area contributed by atoms with Crippen molar-refractivity contribution >= 4 is 27.5 Å². The van der Waals surface area contributed by atoms with Gasteiger partial charge in [-0.1, -0.05) is 25.1 Å². The topological polar surface area (TPSA) is 135 Å². The number of aliphatic hydroxyl groups excluding tert-OH is 1. The number of ether oxygens (including phenoxy) is 3. The maximum Gasteiger partial charge on any atom is 0.261 e. The van der Waals surface area contributed by atoms with Crippen LogP contribution in [0.25, 0.3) is 0 Å². The second-order valence-electron chi connectivity index (χ2n) is 12.3. The number of rotatable bonds is 9. The summed E-state index contributed by atoms with van der Waals surface area (Å²) < 4.78 is 46.8. The fourth-order valence-corrected chi connectivity index (χ4v) is 6.62. The number of nitrogens with zero attached hydrogens (tertiary/aromatic N) is 2. The molecule has 260 valence electrons. The minimum absolute atomic E-state index is 0.0330. The van der Waals surface area contributed by atoms with E-state index in [1.807, 2.05) is 32.0 Å². The summed E-state index contributed by atoms with van der Waals surface area (Å²) in [5, 5.41) is 10.2. The van der Waals surface area contributed by atoms with Gasteiger partial charge in [-0.2, -0.15) is 0 Å². The van der Waals surface area contributed by atoms with E-state index in [1.54, 1.807) is 60.2 Å². The molecule has 4 atom stereocenters. The quantitative estimate of drug-likeness (QED) is 0.320. The molecule has 0 aliphatic carbocycles. The lowest BCUT2D eigenvalue weighted by Crippen LogP contribution is -2.48. The van der Waals surface area contributed by atoms with E-state index >= 15 is 0 Å². The molecule has 1 aliphatic rings. The molecule has 12 heteroatoms. The fourth-order valence-electron chi connectivity index (χ4n) is 5.57. The third-order valence-electron chi connectivity index (χ3n) is 8.49. The van der Waals surface area contributed by atoms with Gasteiger partial charge in [0, 0.05) is 43.9 Å². The number of fused-ring (bicyclic) bond motifs is 1. The summed E-state index contributed by atoms with van der Waals surface area (Å²) in [5.74, 6) is 0.0387. The number of carbonyl (C=O) groups excluding carboxylic acids is 2. The number of hydrogen-bond donors (Lipinski definition) is 2. The van der Waals surface area contributed by atoms with Crippen LogP contribution in [0.1, 0.15) is 60.7 Å². The van der Waals surface area contributed by atoms with Crippen LogP contribution in [0.15, 0.2) is 77.7 Å². The van der Waals surface area contributed by atoms with Gasteiger partial charge in [-0.3, -0.25) is 14.3 Å². The molecule has 0 bridgehead atoms. The van der Waals surface area contributed by atoms with Crippen molar-refractivity contribution in [3.8, 4) is 11.5 Å². The average Bonchev–Trinajstić information content (AvgIpc) is 3.09. The highest BCUT2D eigenvalue weighted by molar-refractivity contribution is 7.92. The van der Waals surface area contributed by atoms with E-state index < -0.39 is 28.1 Å². The molecule has 3 aromatic rings. The number of amides is 2. The van der Waals surface area contributed by atoms with Gasteiger partial charge in [0.15, 0.2) is 0 Å². The Morgan fingerprint density at radius 2 is 1.79 bits per heavy atom. The van der Waals surface area contributed by atoms with Gasteiger partial charge in [-0.25, -0.2) is 8.42 Å². The maximum absolute atomic E-state index is 14.4. The zero-order valence-corrected chi connectivity index (χ0v) is 29.1. The van der Waals surface area contributed by atoms with Crippen LogP contribution in [0, 0.1) is 5.92 Å². The SMILES string of the molecule is COc1ccc(S(=O)(=O)Nc2ccc3c(c2)C(=O)N([C@H](C)CO)C[C@H](C)[C@H](CN(C)C(=O)c2ccccc2)OCCCC[C@@H](C)O3)cc1. The number of benzene rings is 3. The van der Waals surface area contributed by atoms with Crippen molar-refractivity contribution < 1.29 is 37.3 Å². The Hall–Kier alpha value is -4.13. The number of anilines is 1. The van der Waals surface area contributed by atoms with Crippen LogP contribution in [-0.4, -0.2) is 93.8 Å². The molecule has 1 heterocycles. The van der Waals surface area contributed by atoms with Gasteiger partial charge >= 0.3 is 0 Å². The first-order valence-electron chi connectivity index (χ1n) is 16.2. The molecule has 2 amide bonds. The molecule has 0 radical (unpaired) electrons. The van der Waals surface area contributed by atoms with Crippen molar-refractivity contribution in [1.82, 2.24) is 9.80 Å². The van der Waals surface area contributed by atoms with E-state index in [-0.39, 0.29) is 47.2 Å². The Labute approximate surface area is 283 Å². The number of sulfonamides is 1. The fraction of sp³-hybridized carbons (Fsp3) is 0.444. The molecule has 11 nitrogen and oxygen atoms in total. The molecule has 0 spiro atoms. The number of carbonyl (C=O) groups is 2. The Kier molecular flexibility index (Phi) is 12.9. The van der Waals surface area contributed by atoms with E-state index in [0.717, 1.165) is 12.8 Å². The second-order valence-corrected chi connectivity index (χ2v) is 14.0. The molecule has 0 unspecified atom stereocenters. The summed E-state index contributed by atoms with van der Waals surface area (Å²) >= 11 is 0. The monoisotopic (exact) mass is 681 g/mol. The lowest BCUT2D eigenvalue weighted by atomic mass is 10.0. The third kappa shape index (κ3) is 9.48. The minimum Gasteiger partial charge on any atom is -0.497 e. The van der Waals surface area contributed by atoms with Crippen molar-refractivity contribution in [3.05, 3.63) is 83.9 Å². The zero-order chi connectivity index (χ0) is 34.8. The lowest BCUT2D eigenvalue weighted by Gasteiger charge is -2.36. The smallest absolute Gasteiger partial charge is 0.261 e. The highest BCUT2D eigenvalue weighted by Gasteiger charge is 2.31. The van der Waals surface area contributed by atoms with E-state index in [1.165, 1.54) is 25.3 Å². The molecular weight excluding hydrogens is 634 g/mol. The summed E-state index contributed by atoms with van der Waals surface area (Å²) in [6.45, 7) is 6.31. The van der Waals surface area contributed by atoms with Crippen LogP contribution in [0.2, 0.25) is 0 Å². The first kappa shape index (κ1) is 36.7. The van der Waals surface area contributed by atoms with Gasteiger partial charge in [-0.05, 0) is 87.7 Å². The molecular formula is C36H47N3O8S. The molecule has 0 fully saturated rings. The number of likely N-dealkylation sites (N-methyl/N-ethyl adjacent to an activating group) is 1. The van der Waals surface area contributed by atoms with Gasteiger partial charge < -0.3 is 29.1 Å². The molecule has 4 rings (SSSR count). The predicted molar refractivity (Wildman–Crippen MR) is 184 cm³/mol. The van der Waals surface area contributed by atoms with E-state index in [2.05, 4.69) is 4.72 Å². The van der Waals surface area contributed by atoms with Gasteiger partial charge in [-0.15, -0.1) is 0 Å². The largest absolute Gasteiger partial charge is 0.497 e. The van der Waals surface area contributed by atoms with Gasteiger partial charge in [0.2, 0.25) is 0 Å². The molecule has 1 aliphatic heterocycles. The molecule has 3 aromatic carbocycles. The Balaban J connectivity index is 1.65. The Morgan fingerprint density at radius 3 is 2.46 bits per heavy atom. The molecule has 48 heavy (non-hydrogen) atoms. The van der Waals surface area contributed by atoms with Crippen LogP contribution in [0.3, 0.4) is 0 Å². The summed E-state index contributed by atoms with van der Waals surface area (Å²) in [4.78, 5) is 30.8. The Bertz CT molecular complexity index is 1620. The van der Waals surface area contributed by atoms with Crippen molar-refractivity contribution in [3.63, 3.8) is 0 Å². The van der Waals surface area contributed by atoms with Crippen LogP contribution in [-0.2, 0) is 14.8 Å². The maximum atomic E-state index is 14.4. The summed E-state index contributed by atoms with van der Waals surface area (Å²) in [6, 6.07) is 19.1. The van der Waals surface area contributed by atoms with Crippen LogP contribution >= 0.6 is 0 Å². The van der Waals surface area contributed by atoms with Crippen molar-refractivity contribution in [2.75, 3.05) is 45.2 Å². The van der Waals surface area contributed by atoms with E-state index in [9.17, 15) is 23.1 Å². The van der Waals surface area contributed by atoms with Crippen molar-refractivity contribution in [2.45, 2.75) is 63.2 Å². The van der Waals surface area contributed by atoms with Gasteiger partial charge in [0.1, 0.15) is 11.5 Å². The van der Waals surface area contributed by atoms with Crippen molar-refractivity contribution in [1.29, 1.82) is 0 Å². The minimum atomic E-state index is -3.99. The third-order valence-corrected chi connectivity index (χ3v) is 9.89. The number of methoxy groups -OCH3 is 1. The lowest BCUT2D eigenvalue weighted by molar-refractivity contribution is -0.0149. The van der Waals surface area contributed by atoms with Crippen LogP contribution < -0.4 is 14.2 Å². The zero-order valence-electron chi connectivity index (χ0n) is 28.3. The number of hydrogen-bond acceptors (Lipinski definition) is 8. The van der Waals surface area contributed by atoms with Gasteiger partial charge in [0.05, 0.1) is 42.4 Å². The highest BCUT2D eigenvalue weighted by atomic mass is 32.2. The normalized spacial score (nSPS) is 20.1. The van der Waals surface area contributed by atoms with Crippen LogP contribution in [0.4, 0.5) is 5.69 Å². The summed E-state index contributed by atoms with van der Waals surface area (Å²) in [5.41, 5.74) is 0.917. The van der Waals surface area contributed by atoms with E-state index in [4.69, 9.17) is 14.2 Å². The standard InChI is InChI=1S/C36H47N3O8S/c1-25-22-39(26(2)24-40)36(42)32-21-29(37-48(43,44)31-17-15-30(45-5)16-18-31)14-19-33(32)47-27(3)11-9-10-20-46-34(25)23-38(4)35(41)28-12-7-6-8-13-28/h6-8,12-19,21,25-27,34,37,40H,9-11,20,22-24H2,1-5H3/t25-,26+,27+,34-/m0/s1. The Morgan fingerprint density at radius 1 is 1.08 bits per heavy atom. The number of aliphatic hydroxyl groups is 1. The average molecular weight is 682 g/mol.